The zero-order chi connectivity index (χ0) is 15.7. The van der Waals surface area contributed by atoms with Crippen molar-refractivity contribution in [2.24, 2.45) is 0 Å². The van der Waals surface area contributed by atoms with E-state index in [4.69, 9.17) is 20.4 Å². The molecule has 1 aromatic carbocycles. The molecular formula is C12H17NO7. The minimum Gasteiger partial charge on any atom is -0.391 e. The highest BCUT2D eigenvalue weighted by Crippen LogP contribution is 2.06. The minimum atomic E-state index is -1.65. The number of hydrogen-bond acceptors (Lipinski definition) is 7. The second kappa shape index (κ2) is 9.10. The van der Waals surface area contributed by atoms with E-state index < -0.39 is 29.3 Å². The van der Waals surface area contributed by atoms with E-state index in [0.717, 1.165) is 0 Å². The summed E-state index contributed by atoms with van der Waals surface area (Å²) in [6.45, 7) is 1.24. The minimum absolute atomic E-state index is 0.0935. The molecule has 4 atom stereocenters. The van der Waals surface area contributed by atoms with Crippen molar-refractivity contribution >= 4 is 12.0 Å². The number of carbonyl (C=O) groups is 1. The molecule has 1 rings (SSSR count). The molecule has 0 amide bonds. The lowest BCUT2D eigenvalue weighted by molar-refractivity contribution is -0.384. The maximum Gasteiger partial charge on any atom is 0.269 e. The van der Waals surface area contributed by atoms with Crippen molar-refractivity contribution in [2.75, 3.05) is 0 Å². The summed E-state index contributed by atoms with van der Waals surface area (Å²) in [4.78, 5) is 19.5. The summed E-state index contributed by atoms with van der Waals surface area (Å²) in [6, 6.07) is 7.93. The molecule has 20 heavy (non-hydrogen) atoms. The van der Waals surface area contributed by atoms with E-state index in [2.05, 4.69) is 0 Å². The molecule has 0 bridgehead atoms. The van der Waals surface area contributed by atoms with Gasteiger partial charge in [0, 0.05) is 12.1 Å². The van der Waals surface area contributed by atoms with Gasteiger partial charge in [0.1, 0.15) is 18.3 Å². The van der Waals surface area contributed by atoms with Gasteiger partial charge in [-0.2, -0.15) is 0 Å². The summed E-state index contributed by atoms with van der Waals surface area (Å²) in [5.74, 6) is 0. The molecular weight excluding hydrogens is 270 g/mol. The number of benzene rings is 1. The quantitative estimate of drug-likeness (QED) is 0.317. The van der Waals surface area contributed by atoms with Crippen LogP contribution in [0.15, 0.2) is 30.3 Å². The van der Waals surface area contributed by atoms with Crippen LogP contribution in [0.25, 0.3) is 0 Å². The number of carbonyl (C=O) groups excluding carboxylic acids is 1. The number of nitro groups is 1. The first kappa shape index (κ1) is 18.1. The van der Waals surface area contributed by atoms with E-state index in [1.54, 1.807) is 18.2 Å². The van der Waals surface area contributed by atoms with Crippen LogP contribution in [0.3, 0.4) is 0 Å². The maximum atomic E-state index is 10.0. The third-order valence-electron chi connectivity index (χ3n) is 2.30. The number of hydrogen-bond donors (Lipinski definition) is 4. The summed E-state index contributed by atoms with van der Waals surface area (Å²) in [6.07, 6.45) is -5.88. The molecule has 0 aliphatic heterocycles. The lowest BCUT2D eigenvalue weighted by atomic mass is 10.1. The van der Waals surface area contributed by atoms with Crippen LogP contribution >= 0.6 is 0 Å². The van der Waals surface area contributed by atoms with Gasteiger partial charge in [-0.05, 0) is 6.92 Å². The number of nitrogens with zero attached hydrogens (tertiary/aromatic N) is 1. The van der Waals surface area contributed by atoms with Gasteiger partial charge in [-0.15, -0.1) is 0 Å². The van der Waals surface area contributed by atoms with Crippen molar-refractivity contribution in [3.8, 4) is 0 Å². The molecule has 0 fully saturated rings. The average Bonchev–Trinajstić information content (AvgIpc) is 2.46. The van der Waals surface area contributed by atoms with Crippen molar-refractivity contribution in [1.29, 1.82) is 0 Å². The summed E-state index contributed by atoms with van der Waals surface area (Å²) in [5, 5.41) is 45.1. The molecule has 0 heterocycles. The Bertz CT molecular complexity index is 410. The molecule has 0 radical (unpaired) electrons. The van der Waals surface area contributed by atoms with E-state index >= 15 is 0 Å². The highest BCUT2D eigenvalue weighted by Gasteiger charge is 2.27. The summed E-state index contributed by atoms with van der Waals surface area (Å²) < 4.78 is 0. The Labute approximate surface area is 115 Å². The Kier molecular flexibility index (Phi) is 8.25. The van der Waals surface area contributed by atoms with E-state index in [9.17, 15) is 14.9 Å². The summed E-state index contributed by atoms with van der Waals surface area (Å²) in [5.41, 5.74) is 0.137. The fourth-order valence-electron chi connectivity index (χ4n) is 1.12. The Morgan fingerprint density at radius 3 is 1.90 bits per heavy atom. The predicted molar refractivity (Wildman–Crippen MR) is 68.9 cm³/mol. The van der Waals surface area contributed by atoms with E-state index in [-0.39, 0.29) is 12.0 Å². The van der Waals surface area contributed by atoms with Crippen LogP contribution in [-0.2, 0) is 4.79 Å². The predicted octanol–water partition coefficient (Wildman–Crippen LogP) is -0.756. The molecule has 8 heteroatoms. The number of nitro benzene ring substituents is 1. The van der Waals surface area contributed by atoms with Gasteiger partial charge in [0.05, 0.1) is 11.0 Å². The van der Waals surface area contributed by atoms with Gasteiger partial charge < -0.3 is 25.2 Å². The standard InChI is InChI=1S/C6H5NO2.C6H12O5/c8-7(9)6-4-2-1-3-5-6;1-3(8)5(10)6(11)4(9)2-7/h1-5H;2-6,8-11H,1H3. The first-order chi connectivity index (χ1) is 9.31. The molecule has 0 aliphatic carbocycles. The SMILES string of the molecule is CC(O)C(O)C(O)C(O)C=O.O=[N+]([O-])c1ccccc1. The fourth-order valence-corrected chi connectivity index (χ4v) is 1.12. The van der Waals surface area contributed by atoms with E-state index in [0.29, 0.717) is 0 Å². The van der Waals surface area contributed by atoms with Crippen LogP contribution in [0.2, 0.25) is 0 Å². The molecule has 4 N–H and O–H groups in total. The molecule has 0 aliphatic rings. The number of aliphatic hydroxyl groups is 4. The van der Waals surface area contributed by atoms with Crippen molar-refractivity contribution in [2.45, 2.75) is 31.3 Å². The Morgan fingerprint density at radius 1 is 1.10 bits per heavy atom. The van der Waals surface area contributed by atoms with Gasteiger partial charge in [-0.3, -0.25) is 10.1 Å². The molecule has 0 saturated carbocycles. The number of rotatable bonds is 5. The summed E-state index contributed by atoms with van der Waals surface area (Å²) in [7, 11) is 0. The smallest absolute Gasteiger partial charge is 0.269 e. The van der Waals surface area contributed by atoms with Gasteiger partial charge in [0.25, 0.3) is 5.69 Å². The maximum absolute atomic E-state index is 10.0. The van der Waals surface area contributed by atoms with Crippen LogP contribution in [0.1, 0.15) is 6.92 Å². The number of aliphatic hydroxyl groups excluding tert-OH is 4. The van der Waals surface area contributed by atoms with Gasteiger partial charge >= 0.3 is 0 Å². The monoisotopic (exact) mass is 287 g/mol. The largest absolute Gasteiger partial charge is 0.391 e. The zero-order valence-corrected chi connectivity index (χ0v) is 10.7. The average molecular weight is 287 g/mol. The topological polar surface area (TPSA) is 141 Å². The molecule has 0 aromatic heterocycles. The van der Waals surface area contributed by atoms with Crippen LogP contribution in [-0.4, -0.2) is 56.1 Å². The molecule has 0 saturated heterocycles. The van der Waals surface area contributed by atoms with Crippen LogP contribution in [0, 0.1) is 10.1 Å². The van der Waals surface area contributed by atoms with Crippen LogP contribution in [0.4, 0.5) is 5.69 Å². The lowest BCUT2D eigenvalue weighted by Crippen LogP contribution is -2.43. The molecule has 4 unspecified atom stereocenters. The van der Waals surface area contributed by atoms with Gasteiger partial charge in [0.2, 0.25) is 0 Å². The number of para-hydroxylation sites is 1. The highest BCUT2D eigenvalue weighted by molar-refractivity contribution is 5.56. The van der Waals surface area contributed by atoms with Crippen molar-refractivity contribution < 1.29 is 30.1 Å². The molecule has 0 spiro atoms. The number of aldehydes is 1. The van der Waals surface area contributed by atoms with Crippen molar-refractivity contribution in [3.63, 3.8) is 0 Å². The zero-order valence-electron chi connectivity index (χ0n) is 10.7. The Balaban J connectivity index is 0.000000367. The van der Waals surface area contributed by atoms with E-state index in [1.807, 2.05) is 0 Å². The Morgan fingerprint density at radius 2 is 1.60 bits per heavy atom. The molecule has 112 valence electrons. The lowest BCUT2D eigenvalue weighted by Gasteiger charge is -2.21. The molecule has 8 nitrogen and oxygen atoms in total. The third kappa shape index (κ3) is 6.34. The van der Waals surface area contributed by atoms with Crippen molar-refractivity contribution in [1.82, 2.24) is 0 Å². The van der Waals surface area contributed by atoms with Crippen LogP contribution < -0.4 is 0 Å². The second-order valence-corrected chi connectivity index (χ2v) is 3.94. The molecule has 1 aromatic rings. The number of non-ortho nitro benzene ring substituents is 1. The van der Waals surface area contributed by atoms with Crippen molar-refractivity contribution in [3.05, 3.63) is 40.4 Å². The Hall–Kier alpha value is -1.87. The normalized spacial score (nSPS) is 16.1. The highest BCUT2D eigenvalue weighted by atomic mass is 16.6. The first-order valence-electron chi connectivity index (χ1n) is 5.68. The van der Waals surface area contributed by atoms with E-state index in [1.165, 1.54) is 19.1 Å². The second-order valence-electron chi connectivity index (χ2n) is 3.94. The van der Waals surface area contributed by atoms with Gasteiger partial charge in [0.15, 0.2) is 6.29 Å². The fraction of sp³-hybridized carbons (Fsp3) is 0.417. The van der Waals surface area contributed by atoms with Gasteiger partial charge in [-0.25, -0.2) is 0 Å². The van der Waals surface area contributed by atoms with Crippen LogP contribution in [0.5, 0.6) is 0 Å². The third-order valence-corrected chi connectivity index (χ3v) is 2.30. The van der Waals surface area contributed by atoms with Gasteiger partial charge in [-0.1, -0.05) is 18.2 Å². The first-order valence-corrected chi connectivity index (χ1v) is 5.68. The summed E-state index contributed by atoms with van der Waals surface area (Å²) >= 11 is 0.